The first-order chi connectivity index (χ1) is 10.1. The third-order valence-electron chi connectivity index (χ3n) is 4.33. The molecule has 3 rings (SSSR count). The summed E-state index contributed by atoms with van der Waals surface area (Å²) in [6.45, 7) is 2.01. The predicted molar refractivity (Wildman–Crippen MR) is 77.7 cm³/mol. The highest BCUT2D eigenvalue weighted by atomic mass is 16.5. The Bertz CT molecular complexity index is 644. The van der Waals surface area contributed by atoms with Crippen molar-refractivity contribution in [3.8, 4) is 5.75 Å². The molecule has 0 bridgehead atoms. The number of carbonyl (C=O) groups excluding carboxylic acids is 1. The standard InChI is InChI=1S/C17H18O4/c1-2-11-8-9-13-14(10-11)21-17(15(13)18,16(19)20)12-6-4-3-5-7-12/h6,8-10H,2-5,7H2,1H3,(H,19,20). The van der Waals surface area contributed by atoms with Crippen molar-refractivity contribution in [3.63, 3.8) is 0 Å². The third-order valence-corrected chi connectivity index (χ3v) is 4.33. The van der Waals surface area contributed by atoms with Crippen LogP contribution in [-0.4, -0.2) is 22.5 Å². The van der Waals surface area contributed by atoms with Crippen molar-refractivity contribution in [3.05, 3.63) is 41.0 Å². The van der Waals surface area contributed by atoms with E-state index < -0.39 is 17.4 Å². The summed E-state index contributed by atoms with van der Waals surface area (Å²) in [5, 5.41) is 9.70. The number of allylic oxidation sites excluding steroid dienone is 1. The minimum absolute atomic E-state index is 0.376. The number of ether oxygens (including phenoxy) is 1. The van der Waals surface area contributed by atoms with Crippen LogP contribution in [0.3, 0.4) is 0 Å². The van der Waals surface area contributed by atoms with Crippen LogP contribution in [0.5, 0.6) is 5.75 Å². The fraction of sp³-hybridized carbons (Fsp3) is 0.412. The molecular weight excluding hydrogens is 268 g/mol. The van der Waals surface area contributed by atoms with Gasteiger partial charge in [-0.2, -0.15) is 0 Å². The molecular formula is C17H18O4. The molecule has 1 unspecified atom stereocenters. The van der Waals surface area contributed by atoms with Crippen molar-refractivity contribution in [2.75, 3.05) is 0 Å². The molecule has 21 heavy (non-hydrogen) atoms. The molecule has 2 aliphatic rings. The van der Waals surface area contributed by atoms with Crippen molar-refractivity contribution < 1.29 is 19.4 Å². The highest BCUT2D eigenvalue weighted by molar-refractivity contribution is 6.21. The number of carboxylic acids is 1. The number of aryl methyl sites for hydroxylation is 1. The van der Waals surface area contributed by atoms with E-state index >= 15 is 0 Å². The van der Waals surface area contributed by atoms with E-state index in [0.29, 0.717) is 23.3 Å². The second-order valence-corrected chi connectivity index (χ2v) is 5.58. The Morgan fingerprint density at radius 2 is 2.19 bits per heavy atom. The molecule has 1 aliphatic heterocycles. The number of benzene rings is 1. The number of hydrogen-bond donors (Lipinski definition) is 1. The topological polar surface area (TPSA) is 63.6 Å². The van der Waals surface area contributed by atoms with Crippen LogP contribution in [0.1, 0.15) is 48.5 Å². The number of hydrogen-bond acceptors (Lipinski definition) is 3. The lowest BCUT2D eigenvalue weighted by Crippen LogP contribution is -2.50. The van der Waals surface area contributed by atoms with Crippen LogP contribution >= 0.6 is 0 Å². The number of carbonyl (C=O) groups is 2. The molecule has 0 saturated heterocycles. The zero-order valence-electron chi connectivity index (χ0n) is 12.0. The Balaban J connectivity index is 2.10. The summed E-state index contributed by atoms with van der Waals surface area (Å²) in [7, 11) is 0. The maximum atomic E-state index is 12.7. The second kappa shape index (κ2) is 5.02. The molecule has 1 atom stereocenters. The summed E-state index contributed by atoms with van der Waals surface area (Å²) in [6, 6.07) is 5.32. The van der Waals surface area contributed by atoms with Crippen LogP contribution in [0.15, 0.2) is 29.8 Å². The van der Waals surface area contributed by atoms with Gasteiger partial charge >= 0.3 is 5.97 Å². The number of rotatable bonds is 3. The molecule has 0 aromatic heterocycles. The SMILES string of the molecule is CCc1ccc2c(c1)OC(C(=O)O)(C1=CCCCC1)C2=O. The van der Waals surface area contributed by atoms with Gasteiger partial charge in [-0.1, -0.05) is 19.1 Å². The molecule has 0 radical (unpaired) electrons. The predicted octanol–water partition coefficient (Wildman–Crippen LogP) is 3.15. The first kappa shape index (κ1) is 13.9. The highest BCUT2D eigenvalue weighted by Crippen LogP contribution is 2.42. The van der Waals surface area contributed by atoms with Crippen LogP contribution in [0.4, 0.5) is 0 Å². The quantitative estimate of drug-likeness (QED) is 0.685. The Kier molecular flexibility index (Phi) is 3.32. The zero-order chi connectivity index (χ0) is 15.0. The van der Waals surface area contributed by atoms with Crippen LogP contribution in [0.25, 0.3) is 0 Å². The maximum Gasteiger partial charge on any atom is 0.360 e. The summed E-state index contributed by atoms with van der Waals surface area (Å²) >= 11 is 0. The average Bonchev–Trinajstić information content (AvgIpc) is 2.81. The van der Waals surface area contributed by atoms with Gasteiger partial charge in [0.1, 0.15) is 5.75 Å². The molecule has 1 aliphatic carbocycles. The Morgan fingerprint density at radius 3 is 2.81 bits per heavy atom. The van der Waals surface area contributed by atoms with E-state index in [4.69, 9.17) is 4.74 Å². The lowest BCUT2D eigenvalue weighted by molar-refractivity contribution is -0.147. The normalized spacial score (nSPS) is 24.2. The van der Waals surface area contributed by atoms with Crippen molar-refractivity contribution in [2.45, 2.75) is 44.6 Å². The van der Waals surface area contributed by atoms with Gasteiger partial charge < -0.3 is 9.84 Å². The van der Waals surface area contributed by atoms with Crippen molar-refractivity contribution in [2.24, 2.45) is 0 Å². The highest BCUT2D eigenvalue weighted by Gasteiger charge is 2.57. The molecule has 0 fully saturated rings. The minimum atomic E-state index is -1.84. The molecule has 0 spiro atoms. The van der Waals surface area contributed by atoms with Gasteiger partial charge in [0.25, 0.3) is 5.60 Å². The van der Waals surface area contributed by atoms with E-state index in [1.165, 1.54) is 0 Å². The van der Waals surface area contributed by atoms with Crippen LogP contribution in [0.2, 0.25) is 0 Å². The Labute approximate surface area is 123 Å². The zero-order valence-corrected chi connectivity index (χ0v) is 12.0. The van der Waals surface area contributed by atoms with E-state index in [1.54, 1.807) is 12.1 Å². The van der Waals surface area contributed by atoms with Crippen molar-refractivity contribution in [1.29, 1.82) is 0 Å². The van der Waals surface area contributed by atoms with Crippen LogP contribution in [-0.2, 0) is 11.2 Å². The fourth-order valence-electron chi connectivity index (χ4n) is 3.11. The molecule has 0 amide bonds. The van der Waals surface area contributed by atoms with Crippen molar-refractivity contribution in [1.82, 2.24) is 0 Å². The second-order valence-electron chi connectivity index (χ2n) is 5.58. The van der Waals surface area contributed by atoms with Gasteiger partial charge in [0.2, 0.25) is 5.78 Å². The summed E-state index contributed by atoms with van der Waals surface area (Å²) < 4.78 is 5.73. The number of aliphatic carboxylic acids is 1. The van der Waals surface area contributed by atoms with Gasteiger partial charge in [-0.15, -0.1) is 0 Å². The molecule has 0 saturated carbocycles. The fourth-order valence-corrected chi connectivity index (χ4v) is 3.11. The molecule has 1 aromatic carbocycles. The average molecular weight is 286 g/mol. The molecule has 1 N–H and O–H groups in total. The van der Waals surface area contributed by atoms with E-state index in [9.17, 15) is 14.7 Å². The van der Waals surface area contributed by atoms with Gasteiger partial charge in [-0.25, -0.2) is 4.79 Å². The molecule has 1 heterocycles. The smallest absolute Gasteiger partial charge is 0.360 e. The van der Waals surface area contributed by atoms with Crippen LogP contribution < -0.4 is 4.74 Å². The summed E-state index contributed by atoms with van der Waals surface area (Å²) in [6.07, 6.45) is 6.01. The first-order valence-electron chi connectivity index (χ1n) is 7.39. The van der Waals surface area contributed by atoms with Gasteiger partial charge in [0.05, 0.1) is 5.56 Å². The Morgan fingerprint density at radius 1 is 1.38 bits per heavy atom. The number of carboxylic acid groups (broad SMARTS) is 1. The van der Waals surface area contributed by atoms with Gasteiger partial charge in [0.15, 0.2) is 0 Å². The number of ketones is 1. The molecule has 4 nitrogen and oxygen atoms in total. The van der Waals surface area contributed by atoms with E-state index in [-0.39, 0.29) is 0 Å². The number of fused-ring (bicyclic) bond motifs is 1. The van der Waals surface area contributed by atoms with E-state index in [0.717, 1.165) is 31.2 Å². The lowest BCUT2D eigenvalue weighted by atomic mass is 9.81. The number of Topliss-reactive ketones (excluding diaryl/α,β-unsaturated/α-hetero) is 1. The first-order valence-corrected chi connectivity index (χ1v) is 7.39. The minimum Gasteiger partial charge on any atom is -0.478 e. The van der Waals surface area contributed by atoms with Crippen molar-refractivity contribution >= 4 is 11.8 Å². The summed E-state index contributed by atoms with van der Waals surface area (Å²) in [5.74, 6) is -1.26. The lowest BCUT2D eigenvalue weighted by Gasteiger charge is -2.27. The monoisotopic (exact) mass is 286 g/mol. The molecule has 110 valence electrons. The maximum absolute atomic E-state index is 12.7. The Hall–Kier alpha value is -2.10. The van der Waals surface area contributed by atoms with Gasteiger partial charge in [-0.05, 0) is 55.4 Å². The molecule has 1 aromatic rings. The third kappa shape index (κ3) is 1.97. The summed E-state index contributed by atoms with van der Waals surface area (Å²) in [4.78, 5) is 24.6. The molecule has 4 heteroatoms. The van der Waals surface area contributed by atoms with Gasteiger partial charge in [0, 0.05) is 0 Å². The van der Waals surface area contributed by atoms with E-state index in [2.05, 4.69) is 0 Å². The largest absolute Gasteiger partial charge is 0.478 e. The van der Waals surface area contributed by atoms with Crippen LogP contribution in [0, 0.1) is 0 Å². The van der Waals surface area contributed by atoms with E-state index in [1.807, 2.05) is 19.1 Å². The van der Waals surface area contributed by atoms with Gasteiger partial charge in [-0.3, -0.25) is 4.79 Å². The summed E-state index contributed by atoms with van der Waals surface area (Å²) in [5.41, 5.74) is 0.164.